The minimum atomic E-state index is -2.57. The molecule has 0 aromatic carbocycles. The lowest BCUT2D eigenvalue weighted by Gasteiger charge is -2.13. The van der Waals surface area contributed by atoms with Crippen molar-refractivity contribution in [3.8, 4) is 0 Å². The number of carbonyl (C=O) groups is 1. The maximum absolute atomic E-state index is 11.1. The van der Waals surface area contributed by atoms with Crippen molar-refractivity contribution in [3.05, 3.63) is 30.1 Å². The van der Waals surface area contributed by atoms with E-state index in [9.17, 15) is 15.0 Å². The standard InChI is InChI=1S/C11H15N2O7P/c12-10(16)6-2-1-3-13(4-6)11-9(15)8(14)7(20-11)5-19-21(17)18/h1-4,7-9,11,14-15,17-18H,5H2,(H-,12,16)/p+1/t7-,8?,9+,11-/m1/s1. The molecule has 10 heteroatoms. The van der Waals surface area contributed by atoms with E-state index < -0.39 is 39.0 Å². The summed E-state index contributed by atoms with van der Waals surface area (Å²) in [6, 6.07) is 3.05. The molecular formula is C11H16N2O7P+. The average molecular weight is 319 g/mol. The number of primary amides is 1. The topological polar surface area (TPSA) is 146 Å². The largest absolute Gasteiger partial charge is 0.387 e. The van der Waals surface area contributed by atoms with Crippen molar-refractivity contribution in [3.63, 3.8) is 0 Å². The summed E-state index contributed by atoms with van der Waals surface area (Å²) in [6.45, 7) is -0.288. The third-order valence-corrected chi connectivity index (χ3v) is 3.47. The number of hydrogen-bond donors (Lipinski definition) is 5. The Balaban J connectivity index is 2.13. The minimum absolute atomic E-state index is 0.219. The number of aromatic nitrogens is 1. The highest BCUT2D eigenvalue weighted by Gasteiger charge is 2.48. The second kappa shape index (κ2) is 6.71. The van der Waals surface area contributed by atoms with Crippen LogP contribution in [0.15, 0.2) is 24.5 Å². The van der Waals surface area contributed by atoms with Gasteiger partial charge in [0.15, 0.2) is 18.5 Å². The Morgan fingerprint density at radius 3 is 2.76 bits per heavy atom. The van der Waals surface area contributed by atoms with Crippen molar-refractivity contribution in [2.24, 2.45) is 5.73 Å². The number of ether oxygens (including phenoxy) is 1. The average Bonchev–Trinajstić information content (AvgIpc) is 2.73. The number of hydrogen-bond acceptors (Lipinski definition) is 7. The highest BCUT2D eigenvalue weighted by atomic mass is 31.2. The molecule has 4 atom stereocenters. The Bertz CT molecular complexity index is 515. The molecule has 1 amide bonds. The van der Waals surface area contributed by atoms with Crippen LogP contribution in [0.2, 0.25) is 0 Å². The summed E-state index contributed by atoms with van der Waals surface area (Å²) >= 11 is 0. The van der Waals surface area contributed by atoms with E-state index in [1.807, 2.05) is 0 Å². The maximum Gasteiger partial charge on any atom is 0.327 e. The van der Waals surface area contributed by atoms with Crippen molar-refractivity contribution in [2.75, 3.05) is 6.61 Å². The minimum Gasteiger partial charge on any atom is -0.387 e. The summed E-state index contributed by atoms with van der Waals surface area (Å²) in [5, 5.41) is 19.9. The first-order valence-electron chi connectivity index (χ1n) is 6.03. The number of nitrogens with zero attached hydrogens (tertiary/aromatic N) is 1. The number of pyridine rings is 1. The summed E-state index contributed by atoms with van der Waals surface area (Å²) in [4.78, 5) is 28.5. The second-order valence-electron chi connectivity index (χ2n) is 4.50. The Morgan fingerprint density at radius 2 is 2.14 bits per heavy atom. The normalized spacial score (nSPS) is 29.0. The predicted molar refractivity (Wildman–Crippen MR) is 68.4 cm³/mol. The van der Waals surface area contributed by atoms with Crippen molar-refractivity contribution in [1.82, 2.24) is 0 Å². The van der Waals surface area contributed by atoms with Gasteiger partial charge in [0.2, 0.25) is 0 Å². The van der Waals surface area contributed by atoms with Crippen LogP contribution in [0, 0.1) is 0 Å². The molecule has 1 fully saturated rings. The number of aliphatic hydroxyl groups is 2. The first kappa shape index (κ1) is 16.2. The van der Waals surface area contributed by atoms with Gasteiger partial charge in [-0.2, -0.15) is 4.57 Å². The number of nitrogens with two attached hydrogens (primary N) is 1. The molecule has 0 radical (unpaired) electrons. The molecular weight excluding hydrogens is 303 g/mol. The second-order valence-corrected chi connectivity index (χ2v) is 5.26. The third kappa shape index (κ3) is 3.72. The molecule has 0 saturated carbocycles. The quantitative estimate of drug-likeness (QED) is 0.309. The van der Waals surface area contributed by atoms with E-state index in [0.29, 0.717) is 0 Å². The van der Waals surface area contributed by atoms with Crippen LogP contribution >= 0.6 is 8.60 Å². The van der Waals surface area contributed by atoms with E-state index >= 15 is 0 Å². The molecule has 1 aliphatic rings. The zero-order valence-corrected chi connectivity index (χ0v) is 11.7. The van der Waals surface area contributed by atoms with Gasteiger partial charge in [-0.3, -0.25) is 4.79 Å². The van der Waals surface area contributed by atoms with Crippen LogP contribution in [-0.4, -0.2) is 50.8 Å². The van der Waals surface area contributed by atoms with Gasteiger partial charge in [0.1, 0.15) is 17.8 Å². The van der Waals surface area contributed by atoms with E-state index in [0.717, 1.165) is 0 Å². The van der Waals surface area contributed by atoms with Crippen molar-refractivity contribution in [1.29, 1.82) is 0 Å². The van der Waals surface area contributed by atoms with E-state index in [4.69, 9.17) is 20.3 Å². The predicted octanol–water partition coefficient (Wildman–Crippen LogP) is -2.08. The van der Waals surface area contributed by atoms with Gasteiger partial charge >= 0.3 is 8.60 Å². The van der Waals surface area contributed by atoms with Crippen LogP contribution in [0.3, 0.4) is 0 Å². The van der Waals surface area contributed by atoms with E-state index in [1.54, 1.807) is 12.3 Å². The Morgan fingerprint density at radius 1 is 1.43 bits per heavy atom. The Kier molecular flexibility index (Phi) is 5.17. The summed E-state index contributed by atoms with van der Waals surface area (Å²) in [5.74, 6) is -0.636. The fourth-order valence-electron chi connectivity index (χ4n) is 2.05. The van der Waals surface area contributed by atoms with E-state index in [-0.39, 0.29) is 12.2 Å². The fraction of sp³-hybridized carbons (Fsp3) is 0.455. The third-order valence-electron chi connectivity index (χ3n) is 3.09. The van der Waals surface area contributed by atoms with Gasteiger partial charge < -0.3 is 35.0 Å². The lowest BCUT2D eigenvalue weighted by atomic mass is 10.1. The number of aliphatic hydroxyl groups excluding tert-OH is 2. The van der Waals surface area contributed by atoms with Crippen molar-refractivity contribution in [2.45, 2.75) is 24.5 Å². The summed E-state index contributed by atoms with van der Waals surface area (Å²) in [7, 11) is -2.57. The van der Waals surface area contributed by atoms with Gasteiger partial charge in [0.05, 0.1) is 6.61 Å². The molecule has 0 bridgehead atoms. The molecule has 116 valence electrons. The molecule has 0 aliphatic carbocycles. The van der Waals surface area contributed by atoms with Gasteiger partial charge in [0.25, 0.3) is 12.1 Å². The van der Waals surface area contributed by atoms with Crippen LogP contribution in [0.4, 0.5) is 0 Å². The van der Waals surface area contributed by atoms with Gasteiger partial charge in [-0.1, -0.05) is 0 Å². The Hall–Kier alpha value is -1.19. The Labute approximate surface area is 121 Å². The highest BCUT2D eigenvalue weighted by molar-refractivity contribution is 7.39. The van der Waals surface area contributed by atoms with Crippen molar-refractivity contribution >= 4 is 14.5 Å². The summed E-state index contributed by atoms with van der Waals surface area (Å²) in [5.41, 5.74) is 5.39. The van der Waals surface area contributed by atoms with Crippen LogP contribution in [0.1, 0.15) is 16.6 Å². The maximum atomic E-state index is 11.1. The molecule has 1 aromatic heterocycles. The molecule has 6 N–H and O–H groups in total. The number of carbonyl (C=O) groups excluding carboxylic acids is 1. The van der Waals surface area contributed by atoms with Gasteiger partial charge in [-0.15, -0.1) is 0 Å². The van der Waals surface area contributed by atoms with Crippen LogP contribution in [-0.2, 0) is 9.26 Å². The lowest BCUT2D eigenvalue weighted by Crippen LogP contribution is -2.46. The first-order valence-corrected chi connectivity index (χ1v) is 7.19. The smallest absolute Gasteiger partial charge is 0.327 e. The van der Waals surface area contributed by atoms with Gasteiger partial charge in [-0.05, 0) is 6.07 Å². The SMILES string of the molecule is NC(=O)c1ccc[n+]([C@@H]2O[C@H](COP(O)O)C(O)[C@@H]2O)c1. The summed E-state index contributed by atoms with van der Waals surface area (Å²) < 4.78 is 11.4. The lowest BCUT2D eigenvalue weighted by molar-refractivity contribution is -0.765. The zero-order valence-electron chi connectivity index (χ0n) is 10.8. The molecule has 2 rings (SSSR count). The highest BCUT2D eigenvalue weighted by Crippen LogP contribution is 2.30. The number of amides is 1. The monoisotopic (exact) mass is 319 g/mol. The van der Waals surface area contributed by atoms with Crippen LogP contribution in [0.5, 0.6) is 0 Å². The molecule has 0 spiro atoms. The molecule has 1 saturated heterocycles. The van der Waals surface area contributed by atoms with Crippen molar-refractivity contribution < 1.29 is 38.6 Å². The molecule has 9 nitrogen and oxygen atoms in total. The first-order chi connectivity index (χ1) is 9.90. The molecule has 21 heavy (non-hydrogen) atoms. The molecule has 1 unspecified atom stereocenters. The van der Waals surface area contributed by atoms with Gasteiger partial charge in [0, 0.05) is 6.07 Å². The summed E-state index contributed by atoms with van der Waals surface area (Å²) in [6.07, 6.45) is -1.49. The fourth-order valence-corrected chi connectivity index (χ4v) is 2.33. The van der Waals surface area contributed by atoms with Gasteiger partial charge in [-0.25, -0.2) is 0 Å². The molecule has 2 heterocycles. The molecule has 1 aliphatic heterocycles. The zero-order chi connectivity index (χ0) is 15.6. The number of rotatable bonds is 5. The van der Waals surface area contributed by atoms with E-state index in [2.05, 4.69) is 4.52 Å². The van der Waals surface area contributed by atoms with E-state index in [1.165, 1.54) is 16.8 Å². The van der Waals surface area contributed by atoms with Crippen LogP contribution in [0.25, 0.3) is 0 Å². The van der Waals surface area contributed by atoms with Crippen LogP contribution < -0.4 is 10.3 Å². The molecule has 1 aromatic rings.